The van der Waals surface area contributed by atoms with Crippen LogP contribution in [0.5, 0.6) is 0 Å². The Morgan fingerprint density at radius 1 is 0.600 bits per heavy atom. The van der Waals surface area contributed by atoms with Gasteiger partial charge >= 0.3 is 0 Å². The topological polar surface area (TPSA) is 0 Å². The van der Waals surface area contributed by atoms with Crippen LogP contribution in [0.15, 0.2) is 33.2 Å². The third kappa shape index (κ3) is 6.44. The fourth-order valence-corrected chi connectivity index (χ4v) is 5.98. The molecule has 0 N–H and O–H groups in total. The molecule has 0 aliphatic carbocycles. The van der Waals surface area contributed by atoms with E-state index in [1.54, 1.807) is 0 Å². The molecule has 0 aliphatic rings. The van der Waals surface area contributed by atoms with Crippen molar-refractivity contribution in [3.63, 3.8) is 0 Å². The van der Waals surface area contributed by atoms with Gasteiger partial charge in [-0.3, -0.25) is 0 Å². The third-order valence-corrected chi connectivity index (χ3v) is 10.3. The third-order valence-electron chi connectivity index (χ3n) is 2.26. The smallest absolute Gasteiger partial charge is 0.0442 e. The minimum absolute atomic E-state index is 1.21. The van der Waals surface area contributed by atoms with Crippen molar-refractivity contribution in [2.45, 2.75) is 13.8 Å². The van der Waals surface area contributed by atoms with Gasteiger partial charge in [-0.1, -0.05) is 0 Å². The average molecular weight is 846 g/mol. The van der Waals surface area contributed by atoms with E-state index >= 15 is 0 Å². The maximum atomic E-state index is 3.50. The molecule has 6 heteroatoms. The number of aryl methyl sites for hydroxylation is 2. The standard InChI is InChI=1S/2C7H5BrI2/c2*1-4-2-5(9)7(8)6(10)3-4/h2*2-3H,1H3. The Labute approximate surface area is 191 Å². The van der Waals surface area contributed by atoms with Gasteiger partial charge < -0.3 is 0 Å². The van der Waals surface area contributed by atoms with E-state index in [4.69, 9.17) is 0 Å². The molecule has 0 nitrogen and oxygen atoms in total. The highest BCUT2D eigenvalue weighted by Gasteiger charge is 2.01. The van der Waals surface area contributed by atoms with Gasteiger partial charge in [0.25, 0.3) is 0 Å². The first-order valence-electron chi connectivity index (χ1n) is 5.44. The van der Waals surface area contributed by atoms with Crippen LogP contribution in [0.1, 0.15) is 11.1 Å². The quantitative estimate of drug-likeness (QED) is 0.187. The maximum absolute atomic E-state index is 3.50. The van der Waals surface area contributed by atoms with Crippen LogP contribution in [-0.4, -0.2) is 0 Å². The molecule has 0 unspecified atom stereocenters. The van der Waals surface area contributed by atoms with Crippen LogP contribution < -0.4 is 0 Å². The van der Waals surface area contributed by atoms with Crippen molar-refractivity contribution in [2.24, 2.45) is 0 Å². The lowest BCUT2D eigenvalue weighted by atomic mass is 10.2. The van der Waals surface area contributed by atoms with Gasteiger partial charge in [-0.05, 0) is 171 Å². The Hall–Kier alpha value is 2.32. The van der Waals surface area contributed by atoms with Gasteiger partial charge in [0.2, 0.25) is 0 Å². The van der Waals surface area contributed by atoms with Crippen molar-refractivity contribution in [2.75, 3.05) is 0 Å². The number of halogens is 6. The zero-order valence-electron chi connectivity index (χ0n) is 10.6. The van der Waals surface area contributed by atoms with Crippen molar-refractivity contribution in [1.29, 1.82) is 0 Å². The minimum atomic E-state index is 1.21. The molecule has 0 radical (unpaired) electrons. The molecular formula is C14H10Br2I4. The van der Waals surface area contributed by atoms with Crippen LogP contribution in [0.3, 0.4) is 0 Å². The number of hydrogen-bond donors (Lipinski definition) is 0. The monoisotopic (exact) mass is 844 g/mol. The van der Waals surface area contributed by atoms with Crippen LogP contribution >= 0.6 is 122 Å². The van der Waals surface area contributed by atoms with E-state index in [9.17, 15) is 0 Å². The molecule has 0 heterocycles. The molecular weight excluding hydrogens is 836 g/mol. The highest BCUT2D eigenvalue weighted by atomic mass is 127. The Morgan fingerprint density at radius 2 is 0.800 bits per heavy atom. The summed E-state index contributed by atoms with van der Waals surface area (Å²) in [5.74, 6) is 0. The summed E-state index contributed by atoms with van der Waals surface area (Å²) in [5, 5.41) is 0. The fraction of sp³-hybridized carbons (Fsp3) is 0.143. The van der Waals surface area contributed by atoms with E-state index in [1.165, 1.54) is 34.4 Å². The van der Waals surface area contributed by atoms with Crippen molar-refractivity contribution < 1.29 is 0 Å². The van der Waals surface area contributed by atoms with E-state index in [1.807, 2.05) is 0 Å². The van der Waals surface area contributed by atoms with E-state index in [-0.39, 0.29) is 0 Å². The Bertz CT molecular complexity index is 525. The summed E-state index contributed by atoms with van der Waals surface area (Å²) in [6.45, 7) is 4.22. The second kappa shape index (κ2) is 9.58. The van der Waals surface area contributed by atoms with Gasteiger partial charge in [-0.2, -0.15) is 0 Å². The van der Waals surface area contributed by atoms with E-state index in [0.29, 0.717) is 0 Å². The number of hydrogen-bond acceptors (Lipinski definition) is 0. The second-order valence-corrected chi connectivity index (χ2v) is 10.3. The first kappa shape index (κ1) is 20.4. The molecule has 2 rings (SSSR count). The zero-order valence-corrected chi connectivity index (χ0v) is 22.4. The fourth-order valence-electron chi connectivity index (χ4n) is 1.36. The van der Waals surface area contributed by atoms with Crippen LogP contribution in [0.2, 0.25) is 0 Å². The van der Waals surface area contributed by atoms with Crippen molar-refractivity contribution in [3.05, 3.63) is 58.6 Å². The lowest BCUT2D eigenvalue weighted by Crippen LogP contribution is -1.82. The molecule has 2 aromatic carbocycles. The number of benzene rings is 2. The summed E-state index contributed by atoms with van der Waals surface area (Å²) in [5.41, 5.74) is 2.63. The predicted molar refractivity (Wildman–Crippen MR) is 129 cm³/mol. The molecule has 2 aromatic rings. The average Bonchev–Trinajstić information content (AvgIpc) is 2.33. The molecule has 0 aliphatic heterocycles. The van der Waals surface area contributed by atoms with Gasteiger partial charge in [-0.15, -0.1) is 0 Å². The normalized spacial score (nSPS) is 10.0. The van der Waals surface area contributed by atoms with Gasteiger partial charge in [0.1, 0.15) is 0 Å². The lowest BCUT2D eigenvalue weighted by Gasteiger charge is -2.00. The Balaban J connectivity index is 0.000000200. The van der Waals surface area contributed by atoms with E-state index < -0.39 is 0 Å². The summed E-state index contributed by atoms with van der Waals surface area (Å²) in [7, 11) is 0. The van der Waals surface area contributed by atoms with Crippen molar-refractivity contribution in [1.82, 2.24) is 0 Å². The Kier molecular flexibility index (Phi) is 9.75. The van der Waals surface area contributed by atoms with Gasteiger partial charge in [0.15, 0.2) is 0 Å². The first-order valence-corrected chi connectivity index (χ1v) is 11.3. The molecule has 0 bridgehead atoms. The number of rotatable bonds is 0. The Morgan fingerprint density at radius 3 is 1.00 bits per heavy atom. The van der Waals surface area contributed by atoms with Crippen LogP contribution in [-0.2, 0) is 0 Å². The SMILES string of the molecule is Cc1cc(I)c(Br)c(I)c1.Cc1cc(I)c(Br)c(I)c1. The molecule has 108 valence electrons. The van der Waals surface area contributed by atoms with Crippen molar-refractivity contribution >= 4 is 122 Å². The van der Waals surface area contributed by atoms with E-state index in [2.05, 4.69) is 160 Å². The molecule has 0 aromatic heterocycles. The lowest BCUT2D eigenvalue weighted by molar-refractivity contribution is 1.40. The van der Waals surface area contributed by atoms with Crippen LogP contribution in [0.25, 0.3) is 0 Å². The van der Waals surface area contributed by atoms with Gasteiger partial charge in [0, 0.05) is 23.2 Å². The first-order chi connectivity index (χ1) is 9.22. The highest BCUT2D eigenvalue weighted by molar-refractivity contribution is 14.1. The molecule has 0 spiro atoms. The van der Waals surface area contributed by atoms with E-state index in [0.717, 1.165) is 0 Å². The zero-order chi connectivity index (χ0) is 15.4. The highest BCUT2D eigenvalue weighted by Crippen LogP contribution is 2.26. The van der Waals surface area contributed by atoms with Crippen LogP contribution in [0, 0.1) is 28.1 Å². The molecule has 0 amide bonds. The molecule has 20 heavy (non-hydrogen) atoms. The second-order valence-electron chi connectivity index (χ2n) is 4.09. The molecule has 0 fully saturated rings. The summed E-state index contributed by atoms with van der Waals surface area (Å²) >= 11 is 16.3. The van der Waals surface area contributed by atoms with Gasteiger partial charge in [-0.25, -0.2) is 0 Å². The summed E-state index contributed by atoms with van der Waals surface area (Å²) in [4.78, 5) is 0. The molecule has 0 atom stereocenters. The molecule has 0 saturated carbocycles. The van der Waals surface area contributed by atoms with Crippen molar-refractivity contribution in [3.8, 4) is 0 Å². The minimum Gasteiger partial charge on any atom is -0.0490 e. The summed E-state index contributed by atoms with van der Waals surface area (Å²) in [6.07, 6.45) is 0. The maximum Gasteiger partial charge on any atom is 0.0442 e. The molecule has 0 saturated heterocycles. The predicted octanol–water partition coefficient (Wildman–Crippen LogP) is 7.93. The largest absolute Gasteiger partial charge is 0.0490 e. The van der Waals surface area contributed by atoms with Gasteiger partial charge in [0.05, 0.1) is 0 Å². The van der Waals surface area contributed by atoms with Crippen LogP contribution in [0.4, 0.5) is 0 Å². The summed E-state index contributed by atoms with van der Waals surface area (Å²) < 4.78 is 7.53. The summed E-state index contributed by atoms with van der Waals surface area (Å²) in [6, 6.07) is 8.64.